The Hall–Kier alpha value is -1.91. The maximum absolute atomic E-state index is 11.3. The smallest absolute Gasteiger partial charge is 0.336 e. The molecule has 1 rings (SSSR count). The zero-order chi connectivity index (χ0) is 22.5. The highest BCUT2D eigenvalue weighted by atomic mass is 16.6. The molecule has 0 saturated carbocycles. The number of carbonyl (C=O) groups is 3. The lowest BCUT2D eigenvalue weighted by Gasteiger charge is -2.26. The molecule has 4 atom stereocenters. The molecular formula is C16H26O14. The van der Waals surface area contributed by atoms with Gasteiger partial charge in [0.05, 0.1) is 52.9 Å². The van der Waals surface area contributed by atoms with Crippen molar-refractivity contribution in [2.45, 2.75) is 30.7 Å². The van der Waals surface area contributed by atoms with E-state index in [9.17, 15) is 39.9 Å². The van der Waals surface area contributed by atoms with Gasteiger partial charge in [-0.3, -0.25) is 0 Å². The average Bonchev–Trinajstić information content (AvgIpc) is 2.66. The molecule has 1 heterocycles. The van der Waals surface area contributed by atoms with E-state index in [1.807, 2.05) is 0 Å². The van der Waals surface area contributed by atoms with E-state index in [2.05, 4.69) is 0 Å². The highest BCUT2D eigenvalue weighted by Crippen LogP contribution is 2.10. The van der Waals surface area contributed by atoms with Crippen LogP contribution >= 0.6 is 0 Å². The molecule has 0 aliphatic carbocycles. The van der Waals surface area contributed by atoms with Gasteiger partial charge in [0.1, 0.15) is 6.10 Å². The molecule has 0 bridgehead atoms. The summed E-state index contributed by atoms with van der Waals surface area (Å²) in [6, 6.07) is 0. The Bertz CT molecular complexity index is 538. The molecule has 174 valence electrons. The predicted molar refractivity (Wildman–Crippen MR) is 91.7 cm³/mol. The molecule has 14 heteroatoms. The van der Waals surface area contributed by atoms with E-state index >= 15 is 0 Å². The van der Waals surface area contributed by atoms with Crippen LogP contribution in [0.25, 0.3) is 0 Å². The third kappa shape index (κ3) is 9.27. The van der Waals surface area contributed by atoms with Gasteiger partial charge in [0.2, 0.25) is 0 Å². The third-order valence-electron chi connectivity index (χ3n) is 3.71. The molecule has 0 aromatic rings. The first kappa shape index (κ1) is 26.1. The number of aliphatic carboxylic acids is 3. The van der Waals surface area contributed by atoms with Crippen molar-refractivity contribution < 1.29 is 68.3 Å². The van der Waals surface area contributed by atoms with Gasteiger partial charge in [-0.1, -0.05) is 0 Å². The summed E-state index contributed by atoms with van der Waals surface area (Å²) in [5.74, 6) is -4.55. The molecule has 0 aromatic carbocycles. The van der Waals surface area contributed by atoms with Gasteiger partial charge < -0.3 is 54.0 Å². The Balaban J connectivity index is 2.76. The Morgan fingerprint density at radius 1 is 0.567 bits per heavy atom. The van der Waals surface area contributed by atoms with Gasteiger partial charge in [0, 0.05) is 0 Å². The molecule has 1 saturated heterocycles. The molecule has 1 aliphatic rings. The van der Waals surface area contributed by atoms with Gasteiger partial charge in [0.25, 0.3) is 0 Å². The summed E-state index contributed by atoms with van der Waals surface area (Å²) in [5.41, 5.74) is 0. The number of hydrogen-bond donors (Lipinski definition) is 5. The number of hydrogen-bond acceptors (Lipinski definition) is 11. The Morgan fingerprint density at radius 3 is 1.23 bits per heavy atom. The van der Waals surface area contributed by atoms with Crippen molar-refractivity contribution in [3.63, 3.8) is 0 Å². The first-order chi connectivity index (χ1) is 14.3. The molecule has 1 aliphatic heterocycles. The Kier molecular flexibility index (Phi) is 12.3. The van der Waals surface area contributed by atoms with Gasteiger partial charge in [-0.2, -0.15) is 0 Å². The van der Waals surface area contributed by atoms with Crippen molar-refractivity contribution in [1.29, 1.82) is 0 Å². The van der Waals surface area contributed by atoms with Crippen LogP contribution in [0.3, 0.4) is 0 Å². The number of ether oxygens (including phenoxy) is 6. The van der Waals surface area contributed by atoms with Crippen molar-refractivity contribution in [3.05, 3.63) is 0 Å². The minimum atomic E-state index is -2.14. The van der Waals surface area contributed by atoms with Crippen molar-refractivity contribution in [2.24, 2.45) is 0 Å². The molecule has 0 aromatic heterocycles. The van der Waals surface area contributed by atoms with Gasteiger partial charge >= 0.3 is 17.9 Å². The normalized spacial score (nSPS) is 28.9. The second kappa shape index (κ2) is 14.2. The second-order valence-corrected chi connectivity index (χ2v) is 5.86. The molecule has 14 nitrogen and oxygen atoms in total. The zero-order valence-corrected chi connectivity index (χ0v) is 16.0. The van der Waals surface area contributed by atoms with Crippen molar-refractivity contribution in [1.82, 2.24) is 0 Å². The fraction of sp³-hybridized carbons (Fsp3) is 0.812. The lowest BCUT2D eigenvalue weighted by atomic mass is 10.2. The van der Waals surface area contributed by atoms with Crippen LogP contribution in [-0.2, 0) is 42.8 Å². The third-order valence-corrected chi connectivity index (χ3v) is 3.71. The fourth-order valence-corrected chi connectivity index (χ4v) is 2.36. The van der Waals surface area contributed by atoms with Crippen LogP contribution in [0.15, 0.2) is 0 Å². The minimum absolute atomic E-state index is 0.126. The average molecular weight is 442 g/mol. The number of rotatable bonds is 4. The Labute approximate surface area is 170 Å². The summed E-state index contributed by atoms with van der Waals surface area (Å²) < 4.78 is 30.5. The summed E-state index contributed by atoms with van der Waals surface area (Å²) in [4.78, 5) is 34.0. The highest BCUT2D eigenvalue weighted by Gasteiger charge is 2.36. The topological polar surface area (TPSA) is 208 Å². The standard InChI is InChI=1S/C16H26O14/c17-13(18)9-10(14(19)20)29-7-3-26-4-8-30-12(16(23)24)11(15(21)22)28-6-2-25-1-5-27-9/h9-13,17-18H,1-8H2,(H,19,20)(H,21,22)(H,23,24)/t9-,10-,11-,12-/m1/s1. The second-order valence-electron chi connectivity index (χ2n) is 5.86. The van der Waals surface area contributed by atoms with Gasteiger partial charge in [-0.25, -0.2) is 14.4 Å². The molecule has 0 radical (unpaired) electrons. The van der Waals surface area contributed by atoms with Crippen LogP contribution in [-0.4, -0.2) is 127 Å². The van der Waals surface area contributed by atoms with Gasteiger partial charge in [0.15, 0.2) is 24.6 Å². The van der Waals surface area contributed by atoms with Crippen LogP contribution in [0.5, 0.6) is 0 Å². The van der Waals surface area contributed by atoms with Crippen molar-refractivity contribution >= 4 is 17.9 Å². The van der Waals surface area contributed by atoms with E-state index in [1.54, 1.807) is 0 Å². The van der Waals surface area contributed by atoms with E-state index < -0.39 is 48.6 Å². The molecule has 1 fully saturated rings. The monoisotopic (exact) mass is 442 g/mol. The SMILES string of the molecule is O=C(O)[C@@H]1OCCOCCO[C@@H](C(=O)O)[C@H](C(O)O)OCCOCCO[C@H]1C(=O)O. The van der Waals surface area contributed by atoms with Crippen LogP contribution in [0, 0.1) is 0 Å². The molecule has 5 N–H and O–H groups in total. The van der Waals surface area contributed by atoms with Crippen LogP contribution in [0.4, 0.5) is 0 Å². The van der Waals surface area contributed by atoms with E-state index in [0.29, 0.717) is 0 Å². The molecule has 0 amide bonds. The molecule has 30 heavy (non-hydrogen) atoms. The first-order valence-corrected chi connectivity index (χ1v) is 8.92. The molecule has 0 spiro atoms. The summed E-state index contributed by atoms with van der Waals surface area (Å²) in [5, 5.41) is 46.4. The lowest BCUT2D eigenvalue weighted by Crippen LogP contribution is -2.47. The Morgan fingerprint density at radius 2 is 0.900 bits per heavy atom. The maximum Gasteiger partial charge on any atom is 0.336 e. The van der Waals surface area contributed by atoms with Crippen molar-refractivity contribution in [3.8, 4) is 0 Å². The van der Waals surface area contributed by atoms with Gasteiger partial charge in [-0.05, 0) is 0 Å². The predicted octanol–water partition coefficient (Wildman–Crippen LogP) is -2.86. The number of carboxylic acid groups (broad SMARTS) is 3. The zero-order valence-electron chi connectivity index (χ0n) is 16.0. The first-order valence-electron chi connectivity index (χ1n) is 8.92. The van der Waals surface area contributed by atoms with Crippen LogP contribution < -0.4 is 0 Å². The van der Waals surface area contributed by atoms with Gasteiger partial charge in [-0.15, -0.1) is 0 Å². The summed E-state index contributed by atoms with van der Waals surface area (Å²) in [7, 11) is 0. The molecular weight excluding hydrogens is 416 g/mol. The van der Waals surface area contributed by atoms with Crippen LogP contribution in [0.2, 0.25) is 0 Å². The maximum atomic E-state index is 11.3. The van der Waals surface area contributed by atoms with E-state index in [1.165, 1.54) is 0 Å². The largest absolute Gasteiger partial charge is 0.479 e. The lowest BCUT2D eigenvalue weighted by molar-refractivity contribution is -0.208. The minimum Gasteiger partial charge on any atom is -0.479 e. The summed E-state index contributed by atoms with van der Waals surface area (Å²) >= 11 is 0. The van der Waals surface area contributed by atoms with Crippen LogP contribution in [0.1, 0.15) is 0 Å². The quantitative estimate of drug-likeness (QED) is 0.278. The summed E-state index contributed by atoms with van der Waals surface area (Å²) in [6.07, 6.45) is -9.00. The highest BCUT2D eigenvalue weighted by molar-refractivity contribution is 5.83. The fourth-order valence-electron chi connectivity index (χ4n) is 2.36. The number of aliphatic hydroxyl groups excluding tert-OH is 1. The van der Waals surface area contributed by atoms with E-state index in [4.69, 9.17) is 28.4 Å². The molecule has 0 unspecified atom stereocenters. The number of carboxylic acids is 3. The van der Waals surface area contributed by atoms with E-state index in [-0.39, 0.29) is 52.9 Å². The van der Waals surface area contributed by atoms with Crippen molar-refractivity contribution in [2.75, 3.05) is 52.9 Å². The van der Waals surface area contributed by atoms with E-state index in [0.717, 1.165) is 0 Å². The summed E-state index contributed by atoms with van der Waals surface area (Å²) in [6.45, 7) is -1.63. The number of aliphatic hydroxyl groups is 2.